The summed E-state index contributed by atoms with van der Waals surface area (Å²) in [5.74, 6) is 0.643. The Kier molecular flexibility index (Phi) is 3.49. The fourth-order valence-electron chi connectivity index (χ4n) is 2.91. The maximum absolute atomic E-state index is 12.4. The number of aryl methyl sites for hydroxylation is 1. The fourth-order valence-corrected chi connectivity index (χ4v) is 2.91. The number of fused-ring (bicyclic) bond motifs is 2. The maximum atomic E-state index is 12.4. The third-order valence-corrected chi connectivity index (χ3v) is 4.06. The van der Waals surface area contributed by atoms with Crippen LogP contribution in [0.25, 0.3) is 16.6 Å². The number of hydrogen-bond acceptors (Lipinski definition) is 3. The zero-order chi connectivity index (χ0) is 16.5. The van der Waals surface area contributed by atoms with Crippen LogP contribution in [-0.2, 0) is 13.1 Å². The van der Waals surface area contributed by atoms with Crippen LogP contribution in [0.2, 0.25) is 0 Å². The molecule has 0 radical (unpaired) electrons. The summed E-state index contributed by atoms with van der Waals surface area (Å²) in [5.41, 5.74) is 3.32. The van der Waals surface area contributed by atoms with E-state index in [0.717, 1.165) is 28.9 Å². The zero-order valence-corrected chi connectivity index (χ0v) is 13.3. The molecule has 3 aromatic heterocycles. The quantitative estimate of drug-likeness (QED) is 0.629. The molecule has 0 bridgehead atoms. The van der Waals surface area contributed by atoms with Crippen LogP contribution in [-0.4, -0.2) is 25.1 Å². The van der Waals surface area contributed by atoms with Crippen molar-refractivity contribution in [2.24, 2.45) is 0 Å². The lowest BCUT2D eigenvalue weighted by atomic mass is 10.3. The highest BCUT2D eigenvalue weighted by Crippen LogP contribution is 2.16. The number of benzene rings is 1. The summed E-state index contributed by atoms with van der Waals surface area (Å²) >= 11 is 0. The molecule has 3 heterocycles. The van der Waals surface area contributed by atoms with Gasteiger partial charge in [-0.3, -0.25) is 4.79 Å². The van der Waals surface area contributed by atoms with Crippen molar-refractivity contribution in [3.8, 4) is 0 Å². The molecule has 4 aromatic rings. The molecule has 0 aliphatic rings. The van der Waals surface area contributed by atoms with E-state index < -0.39 is 0 Å². The predicted octanol–water partition coefficient (Wildman–Crippen LogP) is 2.63. The number of aromatic nitrogens is 4. The first-order chi connectivity index (χ1) is 11.8. The molecule has 0 saturated carbocycles. The Balaban J connectivity index is 1.57. The van der Waals surface area contributed by atoms with Crippen molar-refractivity contribution >= 4 is 22.5 Å². The maximum Gasteiger partial charge on any atom is 0.272 e. The summed E-state index contributed by atoms with van der Waals surface area (Å²) in [4.78, 5) is 17.0. The Hall–Kier alpha value is -3.15. The van der Waals surface area contributed by atoms with Crippen LogP contribution in [0.1, 0.15) is 23.2 Å². The second-order valence-corrected chi connectivity index (χ2v) is 5.54. The lowest BCUT2D eigenvalue weighted by Gasteiger charge is -2.06. The van der Waals surface area contributed by atoms with Gasteiger partial charge in [-0.15, -0.1) is 0 Å². The number of carbonyl (C=O) groups excluding carboxylic acids is 1. The van der Waals surface area contributed by atoms with Crippen molar-refractivity contribution in [1.29, 1.82) is 0 Å². The average Bonchev–Trinajstić information content (AvgIpc) is 3.20. The standard InChI is InChI=1S/C18H17N5O/c1-2-22-16-9-4-3-8-14(16)20-17(22)12-19-18(24)15-11-13-7-5-6-10-23(13)21-15/h3-11H,2,12H2,1H3,(H,19,24). The number of amides is 1. The molecule has 1 aromatic carbocycles. The molecule has 4 rings (SSSR count). The molecule has 6 nitrogen and oxygen atoms in total. The predicted molar refractivity (Wildman–Crippen MR) is 91.8 cm³/mol. The van der Waals surface area contributed by atoms with Crippen LogP contribution in [0.3, 0.4) is 0 Å². The van der Waals surface area contributed by atoms with Crippen molar-refractivity contribution in [1.82, 2.24) is 24.5 Å². The molecule has 1 N–H and O–H groups in total. The minimum atomic E-state index is -0.201. The van der Waals surface area contributed by atoms with E-state index in [0.29, 0.717) is 12.2 Å². The van der Waals surface area contributed by atoms with E-state index in [2.05, 4.69) is 26.9 Å². The summed E-state index contributed by atoms with van der Waals surface area (Å²) in [6.07, 6.45) is 1.82. The normalized spacial score (nSPS) is 11.2. The number of carbonyl (C=O) groups is 1. The van der Waals surface area contributed by atoms with E-state index in [1.807, 2.05) is 48.7 Å². The van der Waals surface area contributed by atoms with Gasteiger partial charge in [-0.2, -0.15) is 5.10 Å². The second kappa shape index (κ2) is 5.81. The van der Waals surface area contributed by atoms with Gasteiger partial charge in [0.25, 0.3) is 5.91 Å². The first-order valence-electron chi connectivity index (χ1n) is 7.93. The molecule has 0 spiro atoms. The molecule has 0 unspecified atom stereocenters. The lowest BCUT2D eigenvalue weighted by Crippen LogP contribution is -2.25. The van der Waals surface area contributed by atoms with Crippen molar-refractivity contribution in [2.45, 2.75) is 20.0 Å². The Morgan fingerprint density at radius 3 is 2.83 bits per heavy atom. The molecule has 120 valence electrons. The largest absolute Gasteiger partial charge is 0.343 e. The number of hydrogen-bond donors (Lipinski definition) is 1. The molecule has 0 aliphatic carbocycles. The van der Waals surface area contributed by atoms with Crippen LogP contribution in [0, 0.1) is 0 Å². The Morgan fingerprint density at radius 2 is 2.00 bits per heavy atom. The summed E-state index contributed by atoms with van der Waals surface area (Å²) in [7, 11) is 0. The Labute approximate surface area is 138 Å². The van der Waals surface area contributed by atoms with Crippen LogP contribution in [0.4, 0.5) is 0 Å². The van der Waals surface area contributed by atoms with Gasteiger partial charge in [0.05, 0.1) is 23.1 Å². The van der Waals surface area contributed by atoms with Gasteiger partial charge in [-0.25, -0.2) is 9.50 Å². The van der Waals surface area contributed by atoms with Crippen LogP contribution < -0.4 is 5.32 Å². The summed E-state index contributed by atoms with van der Waals surface area (Å²) in [5, 5.41) is 7.20. The monoisotopic (exact) mass is 319 g/mol. The molecular formula is C18H17N5O. The lowest BCUT2D eigenvalue weighted by molar-refractivity contribution is 0.0944. The van der Waals surface area contributed by atoms with Crippen molar-refractivity contribution in [3.05, 3.63) is 66.2 Å². The Bertz CT molecular complexity index is 997. The fraction of sp³-hybridized carbons (Fsp3) is 0.167. The first-order valence-corrected chi connectivity index (χ1v) is 7.93. The number of imidazole rings is 1. The van der Waals surface area contributed by atoms with Gasteiger partial charge < -0.3 is 9.88 Å². The van der Waals surface area contributed by atoms with Crippen molar-refractivity contribution in [3.63, 3.8) is 0 Å². The smallest absolute Gasteiger partial charge is 0.272 e. The van der Waals surface area contributed by atoms with Gasteiger partial charge in [0, 0.05) is 12.7 Å². The van der Waals surface area contributed by atoms with Crippen LogP contribution >= 0.6 is 0 Å². The molecule has 1 amide bonds. The highest BCUT2D eigenvalue weighted by atomic mass is 16.1. The van der Waals surface area contributed by atoms with Gasteiger partial charge in [0.1, 0.15) is 5.82 Å². The molecule has 6 heteroatoms. The Morgan fingerprint density at radius 1 is 1.17 bits per heavy atom. The van der Waals surface area contributed by atoms with Crippen molar-refractivity contribution in [2.75, 3.05) is 0 Å². The van der Waals surface area contributed by atoms with Gasteiger partial charge in [0.15, 0.2) is 5.69 Å². The van der Waals surface area contributed by atoms with E-state index >= 15 is 0 Å². The summed E-state index contributed by atoms with van der Waals surface area (Å²) < 4.78 is 3.80. The number of rotatable bonds is 4. The molecule has 0 fully saturated rings. The van der Waals surface area contributed by atoms with E-state index in [-0.39, 0.29) is 5.91 Å². The minimum Gasteiger partial charge on any atom is -0.343 e. The number of nitrogens with zero attached hydrogens (tertiary/aromatic N) is 4. The van der Waals surface area contributed by atoms with Crippen LogP contribution in [0.5, 0.6) is 0 Å². The van der Waals surface area contributed by atoms with E-state index in [1.165, 1.54) is 0 Å². The SMILES string of the molecule is CCn1c(CNC(=O)c2cc3ccccn3n2)nc2ccccc21. The first kappa shape index (κ1) is 14.4. The number of pyridine rings is 1. The van der Waals surface area contributed by atoms with Crippen LogP contribution in [0.15, 0.2) is 54.7 Å². The average molecular weight is 319 g/mol. The van der Waals surface area contributed by atoms with E-state index in [4.69, 9.17) is 0 Å². The molecule has 0 atom stereocenters. The van der Waals surface area contributed by atoms with Gasteiger partial charge in [0.2, 0.25) is 0 Å². The third-order valence-electron chi connectivity index (χ3n) is 4.06. The highest BCUT2D eigenvalue weighted by Gasteiger charge is 2.13. The third kappa shape index (κ3) is 2.42. The van der Waals surface area contributed by atoms with E-state index in [9.17, 15) is 4.79 Å². The summed E-state index contributed by atoms with van der Waals surface area (Å²) in [6, 6.07) is 15.5. The number of para-hydroxylation sites is 2. The molecule has 0 saturated heterocycles. The molecule has 0 aliphatic heterocycles. The zero-order valence-electron chi connectivity index (χ0n) is 13.3. The molecule has 24 heavy (non-hydrogen) atoms. The summed E-state index contributed by atoms with van der Waals surface area (Å²) in [6.45, 7) is 3.25. The highest BCUT2D eigenvalue weighted by molar-refractivity contribution is 5.93. The van der Waals surface area contributed by atoms with Gasteiger partial charge >= 0.3 is 0 Å². The van der Waals surface area contributed by atoms with Crippen molar-refractivity contribution < 1.29 is 4.79 Å². The van der Waals surface area contributed by atoms with E-state index in [1.54, 1.807) is 10.6 Å². The van der Waals surface area contributed by atoms with Gasteiger partial charge in [-0.05, 0) is 37.3 Å². The van der Waals surface area contributed by atoms with Gasteiger partial charge in [-0.1, -0.05) is 18.2 Å². The number of nitrogens with one attached hydrogen (secondary N) is 1. The molecular weight excluding hydrogens is 302 g/mol. The second-order valence-electron chi connectivity index (χ2n) is 5.54. The topological polar surface area (TPSA) is 64.2 Å². The minimum absolute atomic E-state index is 0.201.